The molecule has 0 radical (unpaired) electrons. The minimum absolute atomic E-state index is 0.119. The van der Waals surface area contributed by atoms with Crippen LogP contribution in [0, 0.1) is 7.14 Å². The minimum atomic E-state index is -1.04. The summed E-state index contributed by atoms with van der Waals surface area (Å²) >= 11 is 4.44. The maximum Gasteiger partial charge on any atom is 0.410 e. The number of hydrogen-bond donors (Lipinski definition) is 1. The monoisotopic (exact) mass is 993 g/mol. The SMILES string of the molecule is C/C(=C\C(=O)N(C)C)CN(CCOc1ccc(I)cc1)C(=O)OC(C)(C)C.C/C(=C\C(=O)O)CN(CCOc1ccc(I)cc1)C(=O)OC(C)(C)C.CCC. The van der Waals surface area contributed by atoms with E-state index < -0.39 is 29.4 Å². The van der Waals surface area contributed by atoms with Crippen LogP contribution < -0.4 is 9.47 Å². The smallest absolute Gasteiger partial charge is 0.410 e. The molecule has 0 unspecified atom stereocenters. The number of nitrogens with zero attached hydrogens (tertiary/aromatic N) is 3. The van der Waals surface area contributed by atoms with Gasteiger partial charge in [0.05, 0.1) is 13.1 Å². The average molecular weight is 994 g/mol. The molecule has 1 N–H and O–H groups in total. The van der Waals surface area contributed by atoms with E-state index in [2.05, 4.69) is 59.0 Å². The Hall–Kier alpha value is -3.54. The Balaban J connectivity index is 0.000000991. The molecule has 12 nitrogen and oxygen atoms in total. The molecule has 0 atom stereocenters. The van der Waals surface area contributed by atoms with Gasteiger partial charge in [0.1, 0.15) is 35.9 Å². The number of amides is 3. The summed E-state index contributed by atoms with van der Waals surface area (Å²) in [6, 6.07) is 15.3. The lowest BCUT2D eigenvalue weighted by atomic mass is 10.2. The van der Waals surface area contributed by atoms with E-state index in [0.717, 1.165) is 24.5 Å². The Kier molecular flexibility index (Phi) is 24.6. The van der Waals surface area contributed by atoms with Crippen LogP contribution in [0.15, 0.2) is 71.8 Å². The van der Waals surface area contributed by atoms with Crippen LogP contribution in [0.5, 0.6) is 11.5 Å². The van der Waals surface area contributed by atoms with Crippen LogP contribution in [-0.4, -0.2) is 109 Å². The summed E-state index contributed by atoms with van der Waals surface area (Å²) in [6.07, 6.45) is 2.92. The number of carboxylic acids is 1. The number of likely N-dealkylation sites (N-methyl/N-ethyl adjacent to an activating group) is 1. The van der Waals surface area contributed by atoms with E-state index in [4.69, 9.17) is 24.1 Å². The van der Waals surface area contributed by atoms with Crippen LogP contribution in [0.2, 0.25) is 0 Å². The molecule has 2 aromatic rings. The third-order valence-electron chi connectivity index (χ3n) is 6.25. The lowest BCUT2D eigenvalue weighted by Gasteiger charge is -2.27. The molecule has 2 aromatic carbocycles. The van der Waals surface area contributed by atoms with Crippen molar-refractivity contribution in [2.75, 3.05) is 53.5 Å². The summed E-state index contributed by atoms with van der Waals surface area (Å²) in [5.41, 5.74) is 0.0987. The Morgan fingerprint density at radius 3 is 1.27 bits per heavy atom. The van der Waals surface area contributed by atoms with Gasteiger partial charge < -0.3 is 38.8 Å². The third kappa shape index (κ3) is 26.8. The first-order valence-electron chi connectivity index (χ1n) is 18.0. The van der Waals surface area contributed by atoms with Crippen LogP contribution in [0.25, 0.3) is 0 Å². The first-order chi connectivity index (χ1) is 25.5. The summed E-state index contributed by atoms with van der Waals surface area (Å²) in [5, 5.41) is 8.83. The number of ether oxygens (including phenoxy) is 4. The molecule has 0 aromatic heterocycles. The fourth-order valence-corrected chi connectivity index (χ4v) is 4.69. The standard InChI is InChI=1S/C20H29IN2O4.C18H24INO5.C3H8/c1-15(13-18(24)22(5)6)14-23(19(25)27-20(2,3)4)11-12-26-17-9-7-16(21)8-10-17;1-13(11-16(21)22)12-20(17(23)25-18(2,3)4)9-10-24-15-7-5-14(19)6-8-15;1-3-2/h7-10,13H,11-12,14H2,1-6H3;5-8,11H,9-10,12H2,1-4H3,(H,21,22);3H2,1-2H3/b15-13+;13-11+;. The van der Waals surface area contributed by atoms with Crippen LogP contribution in [0.3, 0.4) is 0 Å². The van der Waals surface area contributed by atoms with Gasteiger partial charge in [-0.1, -0.05) is 20.3 Å². The number of aliphatic carboxylic acids is 1. The van der Waals surface area contributed by atoms with Gasteiger partial charge in [-0.15, -0.1) is 0 Å². The second-order valence-corrected chi connectivity index (χ2v) is 17.2. The van der Waals surface area contributed by atoms with E-state index in [9.17, 15) is 19.2 Å². The molecule has 0 fully saturated rings. The van der Waals surface area contributed by atoms with Gasteiger partial charge in [-0.05, 0) is 160 Å². The Bertz CT molecular complexity index is 1530. The van der Waals surface area contributed by atoms with Gasteiger partial charge in [0, 0.05) is 46.5 Å². The number of hydrogen-bond acceptors (Lipinski definition) is 8. The van der Waals surface area contributed by atoms with Crippen LogP contribution in [-0.2, 0) is 19.1 Å². The van der Waals surface area contributed by atoms with Gasteiger partial charge in [0.25, 0.3) is 0 Å². The molecule has 308 valence electrons. The zero-order chi connectivity index (χ0) is 42.4. The number of halogens is 2. The first-order valence-corrected chi connectivity index (χ1v) is 20.1. The van der Waals surface area contributed by atoms with E-state index in [0.29, 0.717) is 31.0 Å². The van der Waals surface area contributed by atoms with Crippen molar-refractivity contribution in [3.63, 3.8) is 0 Å². The molecule has 0 saturated carbocycles. The molecule has 2 rings (SSSR count). The molecule has 0 aliphatic heterocycles. The van der Waals surface area contributed by atoms with Gasteiger partial charge in [-0.2, -0.15) is 0 Å². The summed E-state index contributed by atoms with van der Waals surface area (Å²) < 4.78 is 24.5. The Labute approximate surface area is 355 Å². The molecule has 3 amide bonds. The van der Waals surface area contributed by atoms with E-state index in [1.54, 1.807) is 46.7 Å². The van der Waals surface area contributed by atoms with Crippen molar-refractivity contribution in [3.05, 3.63) is 79.0 Å². The van der Waals surface area contributed by atoms with Crippen molar-refractivity contribution in [1.29, 1.82) is 0 Å². The zero-order valence-corrected chi connectivity index (χ0v) is 38.8. The largest absolute Gasteiger partial charge is 0.492 e. The highest BCUT2D eigenvalue weighted by Crippen LogP contribution is 2.16. The number of carbonyl (C=O) groups is 4. The second-order valence-electron chi connectivity index (χ2n) is 14.7. The van der Waals surface area contributed by atoms with E-state index in [1.807, 2.05) is 76.2 Å². The van der Waals surface area contributed by atoms with Crippen molar-refractivity contribution in [2.24, 2.45) is 0 Å². The minimum Gasteiger partial charge on any atom is -0.492 e. The lowest BCUT2D eigenvalue weighted by Crippen LogP contribution is -2.40. The number of rotatable bonds is 14. The van der Waals surface area contributed by atoms with Crippen molar-refractivity contribution in [3.8, 4) is 11.5 Å². The van der Waals surface area contributed by atoms with Crippen molar-refractivity contribution in [1.82, 2.24) is 14.7 Å². The van der Waals surface area contributed by atoms with E-state index >= 15 is 0 Å². The topological polar surface area (TPSA) is 135 Å². The summed E-state index contributed by atoms with van der Waals surface area (Å²) in [5.74, 6) is 0.292. The van der Waals surface area contributed by atoms with Crippen LogP contribution in [0.4, 0.5) is 9.59 Å². The fourth-order valence-electron chi connectivity index (χ4n) is 3.98. The van der Waals surface area contributed by atoms with Gasteiger partial charge in [0.15, 0.2) is 0 Å². The highest BCUT2D eigenvalue weighted by atomic mass is 127. The summed E-state index contributed by atoms with van der Waals surface area (Å²) in [7, 11) is 3.37. The quantitative estimate of drug-likeness (QED) is 0.145. The molecule has 0 spiro atoms. The lowest BCUT2D eigenvalue weighted by molar-refractivity contribution is -0.131. The Morgan fingerprint density at radius 2 is 0.982 bits per heavy atom. The normalized spacial score (nSPS) is 11.5. The number of carbonyl (C=O) groups excluding carboxylic acids is 3. The molecule has 0 heterocycles. The third-order valence-corrected chi connectivity index (χ3v) is 7.69. The maximum absolute atomic E-state index is 12.5. The molecule has 0 bridgehead atoms. The van der Waals surface area contributed by atoms with Crippen molar-refractivity contribution < 1.29 is 43.2 Å². The molecule has 0 aliphatic carbocycles. The summed E-state index contributed by atoms with van der Waals surface area (Å²) in [4.78, 5) is 52.0. The molecule has 0 aliphatic rings. The first kappa shape index (κ1) is 51.5. The van der Waals surface area contributed by atoms with Crippen molar-refractivity contribution in [2.45, 2.75) is 86.9 Å². The fraction of sp³-hybridized carbons (Fsp3) is 0.512. The molecule has 0 saturated heterocycles. The van der Waals surface area contributed by atoms with Crippen LogP contribution >= 0.6 is 45.2 Å². The number of benzene rings is 2. The highest BCUT2D eigenvalue weighted by Gasteiger charge is 2.24. The van der Waals surface area contributed by atoms with Crippen molar-refractivity contribution >= 4 is 69.2 Å². The second kappa shape index (κ2) is 26.3. The molecule has 55 heavy (non-hydrogen) atoms. The predicted molar refractivity (Wildman–Crippen MR) is 235 cm³/mol. The van der Waals surface area contributed by atoms with Gasteiger partial charge >= 0.3 is 18.2 Å². The molecular weight excluding hydrogens is 932 g/mol. The van der Waals surface area contributed by atoms with Crippen LogP contribution in [0.1, 0.15) is 75.7 Å². The molecule has 14 heteroatoms. The van der Waals surface area contributed by atoms with Gasteiger partial charge in [-0.25, -0.2) is 14.4 Å². The summed E-state index contributed by atoms with van der Waals surface area (Å²) in [6.45, 7) is 20.2. The predicted octanol–water partition coefficient (Wildman–Crippen LogP) is 9.30. The van der Waals surface area contributed by atoms with Gasteiger partial charge in [-0.3, -0.25) is 4.79 Å². The zero-order valence-electron chi connectivity index (χ0n) is 34.5. The molecular formula is C41H61I2N3O9. The highest BCUT2D eigenvalue weighted by molar-refractivity contribution is 14.1. The van der Waals surface area contributed by atoms with Gasteiger partial charge in [0.2, 0.25) is 5.91 Å². The van der Waals surface area contributed by atoms with E-state index in [-0.39, 0.29) is 25.6 Å². The Morgan fingerprint density at radius 1 is 0.655 bits per heavy atom. The maximum atomic E-state index is 12.5. The number of carboxylic acid groups (broad SMARTS) is 1. The van der Waals surface area contributed by atoms with E-state index in [1.165, 1.54) is 22.3 Å². The average Bonchev–Trinajstić information content (AvgIpc) is 3.04.